The molecule has 1 saturated heterocycles. The summed E-state index contributed by atoms with van der Waals surface area (Å²) in [5, 5.41) is 3.21. The van der Waals surface area contributed by atoms with Crippen molar-refractivity contribution in [2.75, 3.05) is 38.1 Å². The molecule has 106 valence electrons. The first kappa shape index (κ1) is 14.4. The van der Waals surface area contributed by atoms with Gasteiger partial charge in [0, 0.05) is 44.5 Å². The van der Waals surface area contributed by atoms with Gasteiger partial charge in [0.05, 0.1) is 0 Å². The molecule has 1 heterocycles. The number of anilines is 1. The van der Waals surface area contributed by atoms with E-state index >= 15 is 0 Å². The Morgan fingerprint density at radius 1 is 1.16 bits per heavy atom. The lowest BCUT2D eigenvalue weighted by Crippen LogP contribution is -2.49. The van der Waals surface area contributed by atoms with Gasteiger partial charge in [-0.3, -0.25) is 4.90 Å². The van der Waals surface area contributed by atoms with Gasteiger partial charge in [0.15, 0.2) is 0 Å². The third-order valence-electron chi connectivity index (χ3n) is 4.03. The van der Waals surface area contributed by atoms with Gasteiger partial charge in [0.2, 0.25) is 0 Å². The van der Waals surface area contributed by atoms with Crippen molar-refractivity contribution in [3.8, 4) is 0 Å². The molecule has 2 rings (SSSR count). The van der Waals surface area contributed by atoms with E-state index in [4.69, 9.17) is 0 Å². The molecular weight excluding hydrogens is 234 g/mol. The fourth-order valence-electron chi connectivity index (χ4n) is 2.87. The van der Waals surface area contributed by atoms with Crippen LogP contribution < -0.4 is 10.2 Å². The topological polar surface area (TPSA) is 18.5 Å². The predicted octanol–water partition coefficient (Wildman–Crippen LogP) is 2.24. The fraction of sp³-hybridized carbons (Fsp3) is 0.625. The Bertz CT molecular complexity index is 406. The van der Waals surface area contributed by atoms with Crippen LogP contribution in [0.1, 0.15) is 25.0 Å². The van der Waals surface area contributed by atoms with Crippen LogP contribution in [0.5, 0.6) is 0 Å². The highest BCUT2D eigenvalue weighted by Crippen LogP contribution is 2.23. The first-order valence-corrected chi connectivity index (χ1v) is 7.35. The van der Waals surface area contributed by atoms with Crippen molar-refractivity contribution < 1.29 is 0 Å². The molecule has 19 heavy (non-hydrogen) atoms. The molecule has 0 saturated carbocycles. The summed E-state index contributed by atoms with van der Waals surface area (Å²) in [5.74, 6) is 0. The third-order valence-corrected chi connectivity index (χ3v) is 4.03. The summed E-state index contributed by atoms with van der Waals surface area (Å²) in [6, 6.07) is 7.50. The minimum Gasteiger partial charge on any atom is -0.369 e. The van der Waals surface area contributed by atoms with Crippen LogP contribution in [0.3, 0.4) is 0 Å². The molecule has 3 nitrogen and oxygen atoms in total. The van der Waals surface area contributed by atoms with Crippen LogP contribution in [0, 0.1) is 6.92 Å². The number of nitrogens with zero attached hydrogens (tertiary/aromatic N) is 2. The molecule has 0 spiro atoms. The van der Waals surface area contributed by atoms with Crippen molar-refractivity contribution in [2.45, 2.75) is 33.4 Å². The molecule has 0 atom stereocenters. The molecule has 0 radical (unpaired) electrons. The Hall–Kier alpha value is -1.06. The Kier molecular flexibility index (Phi) is 4.83. The van der Waals surface area contributed by atoms with E-state index < -0.39 is 0 Å². The molecule has 0 bridgehead atoms. The Morgan fingerprint density at radius 2 is 1.84 bits per heavy atom. The second-order valence-electron chi connectivity index (χ2n) is 5.77. The largest absolute Gasteiger partial charge is 0.369 e. The summed E-state index contributed by atoms with van der Waals surface area (Å²) in [5.41, 5.74) is 4.17. The van der Waals surface area contributed by atoms with Crippen molar-refractivity contribution in [2.24, 2.45) is 0 Å². The zero-order valence-corrected chi connectivity index (χ0v) is 12.7. The molecule has 3 heteroatoms. The monoisotopic (exact) mass is 261 g/mol. The minimum atomic E-state index is 0.668. The molecule has 0 amide bonds. The smallest absolute Gasteiger partial charge is 0.0397 e. The quantitative estimate of drug-likeness (QED) is 0.897. The number of aryl methyl sites for hydroxylation is 1. The molecule has 0 unspecified atom stereocenters. The highest BCUT2D eigenvalue weighted by atomic mass is 15.3. The van der Waals surface area contributed by atoms with Gasteiger partial charge >= 0.3 is 0 Å². The summed E-state index contributed by atoms with van der Waals surface area (Å²) in [4.78, 5) is 5.08. The molecular formula is C16H27N3. The fourth-order valence-corrected chi connectivity index (χ4v) is 2.87. The number of hydrogen-bond acceptors (Lipinski definition) is 3. The normalized spacial score (nSPS) is 17.2. The van der Waals surface area contributed by atoms with Gasteiger partial charge in [-0.05, 0) is 45.0 Å². The van der Waals surface area contributed by atoms with E-state index in [-0.39, 0.29) is 0 Å². The lowest BCUT2D eigenvalue weighted by atomic mass is 10.1. The van der Waals surface area contributed by atoms with Crippen LogP contribution >= 0.6 is 0 Å². The molecule has 1 aliphatic rings. The standard InChI is InChI=1S/C16H27N3/c1-13(2)18-7-9-19(10-8-18)16-6-5-15(12-17-4)11-14(16)3/h5-6,11,13,17H,7-10,12H2,1-4H3. The van der Waals surface area contributed by atoms with Crippen molar-refractivity contribution in [3.05, 3.63) is 29.3 Å². The van der Waals surface area contributed by atoms with Crippen LogP contribution in [-0.2, 0) is 6.54 Å². The van der Waals surface area contributed by atoms with Gasteiger partial charge in [-0.2, -0.15) is 0 Å². The third kappa shape index (κ3) is 3.48. The van der Waals surface area contributed by atoms with Crippen molar-refractivity contribution in [1.82, 2.24) is 10.2 Å². The van der Waals surface area contributed by atoms with E-state index in [1.807, 2.05) is 7.05 Å². The second kappa shape index (κ2) is 6.40. The van der Waals surface area contributed by atoms with E-state index in [2.05, 4.69) is 54.1 Å². The van der Waals surface area contributed by atoms with E-state index in [1.54, 1.807) is 0 Å². The van der Waals surface area contributed by atoms with Gasteiger partial charge < -0.3 is 10.2 Å². The summed E-state index contributed by atoms with van der Waals surface area (Å²) in [6.45, 7) is 12.4. The van der Waals surface area contributed by atoms with Gasteiger partial charge in [-0.1, -0.05) is 12.1 Å². The Morgan fingerprint density at radius 3 is 2.37 bits per heavy atom. The molecule has 1 aromatic carbocycles. The van der Waals surface area contributed by atoms with Gasteiger partial charge in [0.1, 0.15) is 0 Å². The maximum absolute atomic E-state index is 3.21. The molecule has 1 aromatic rings. The Labute approximate surface area is 117 Å². The number of benzene rings is 1. The maximum atomic E-state index is 3.21. The number of nitrogens with one attached hydrogen (secondary N) is 1. The lowest BCUT2D eigenvalue weighted by molar-refractivity contribution is 0.209. The molecule has 1 N–H and O–H groups in total. The SMILES string of the molecule is CNCc1ccc(N2CCN(C(C)C)CC2)c(C)c1. The van der Waals surface area contributed by atoms with Crippen LogP contribution in [-0.4, -0.2) is 44.2 Å². The maximum Gasteiger partial charge on any atom is 0.0397 e. The van der Waals surface area contributed by atoms with Crippen molar-refractivity contribution in [3.63, 3.8) is 0 Å². The summed E-state index contributed by atoms with van der Waals surface area (Å²) >= 11 is 0. The van der Waals surface area contributed by atoms with Crippen molar-refractivity contribution in [1.29, 1.82) is 0 Å². The van der Waals surface area contributed by atoms with E-state index in [1.165, 1.54) is 29.9 Å². The average molecular weight is 261 g/mol. The van der Waals surface area contributed by atoms with Crippen molar-refractivity contribution >= 4 is 5.69 Å². The van der Waals surface area contributed by atoms with Gasteiger partial charge in [0.25, 0.3) is 0 Å². The highest BCUT2D eigenvalue weighted by Gasteiger charge is 2.19. The molecule has 1 fully saturated rings. The summed E-state index contributed by atoms with van der Waals surface area (Å²) in [7, 11) is 1.99. The molecule has 0 aromatic heterocycles. The van der Waals surface area contributed by atoms with Crippen LogP contribution in [0.4, 0.5) is 5.69 Å². The highest BCUT2D eigenvalue weighted by molar-refractivity contribution is 5.54. The van der Waals surface area contributed by atoms with E-state index in [0.29, 0.717) is 6.04 Å². The summed E-state index contributed by atoms with van der Waals surface area (Å²) < 4.78 is 0. The summed E-state index contributed by atoms with van der Waals surface area (Å²) in [6.07, 6.45) is 0. The lowest BCUT2D eigenvalue weighted by Gasteiger charge is -2.38. The number of hydrogen-bond donors (Lipinski definition) is 1. The van der Waals surface area contributed by atoms with Crippen LogP contribution in [0.25, 0.3) is 0 Å². The Balaban J connectivity index is 2.03. The number of piperazine rings is 1. The second-order valence-corrected chi connectivity index (χ2v) is 5.77. The van der Waals surface area contributed by atoms with Crippen LogP contribution in [0.2, 0.25) is 0 Å². The predicted molar refractivity (Wildman–Crippen MR) is 82.9 cm³/mol. The van der Waals surface area contributed by atoms with Gasteiger partial charge in [-0.25, -0.2) is 0 Å². The molecule has 0 aliphatic carbocycles. The van der Waals surface area contributed by atoms with Gasteiger partial charge in [-0.15, -0.1) is 0 Å². The zero-order chi connectivity index (χ0) is 13.8. The number of rotatable bonds is 4. The first-order chi connectivity index (χ1) is 9.11. The zero-order valence-electron chi connectivity index (χ0n) is 12.7. The molecule has 1 aliphatic heterocycles. The van der Waals surface area contributed by atoms with E-state index in [9.17, 15) is 0 Å². The van der Waals surface area contributed by atoms with E-state index in [0.717, 1.165) is 19.6 Å². The average Bonchev–Trinajstić information content (AvgIpc) is 2.39. The van der Waals surface area contributed by atoms with Crippen LogP contribution in [0.15, 0.2) is 18.2 Å². The first-order valence-electron chi connectivity index (χ1n) is 7.35. The minimum absolute atomic E-state index is 0.668.